The van der Waals surface area contributed by atoms with E-state index in [9.17, 15) is 13.2 Å². The summed E-state index contributed by atoms with van der Waals surface area (Å²) in [5, 5.41) is 0. The molecule has 3 N–H and O–H groups in total. The maximum absolute atomic E-state index is 10.2. The van der Waals surface area contributed by atoms with Gasteiger partial charge in [-0.1, -0.05) is 0 Å². The molecule has 0 aromatic rings. The molecular weight excluding hydrogens is 174 g/mol. The van der Waals surface area contributed by atoms with Crippen molar-refractivity contribution in [1.29, 1.82) is 0 Å². The van der Waals surface area contributed by atoms with E-state index in [1.54, 1.807) is 0 Å². The molecule has 64 valence electrons. The van der Waals surface area contributed by atoms with E-state index in [4.69, 9.17) is 10.3 Å². The largest absolute Gasteiger partial charge is 0.445 e. The van der Waals surface area contributed by atoms with Gasteiger partial charge in [0.2, 0.25) is 5.91 Å². The van der Waals surface area contributed by atoms with Crippen LogP contribution in [0.1, 0.15) is 6.92 Å². The lowest BCUT2D eigenvalue weighted by atomic mass is 10.3. The van der Waals surface area contributed by atoms with Gasteiger partial charge in [-0.05, 0) is 6.92 Å². The van der Waals surface area contributed by atoms with Gasteiger partial charge in [0.25, 0.3) is 0 Å². The summed E-state index contributed by atoms with van der Waals surface area (Å²) in [6, 6.07) is 0. The number of nitrogens with two attached hydrogens (primary N) is 1. The second-order valence-corrected chi connectivity index (χ2v) is 2.74. The van der Waals surface area contributed by atoms with Crippen molar-refractivity contribution >= 4 is 16.3 Å². The molecule has 0 fully saturated rings. The molecule has 11 heavy (non-hydrogen) atoms. The zero-order valence-electron chi connectivity index (χ0n) is 5.64. The molecular formula is C4H7NO5S. The molecule has 1 amide bonds. The fraction of sp³-hybridized carbons (Fsp3) is 0.250. The Kier molecular flexibility index (Phi) is 3.02. The molecule has 0 aliphatic rings. The van der Waals surface area contributed by atoms with Crippen LogP contribution in [0.5, 0.6) is 0 Å². The summed E-state index contributed by atoms with van der Waals surface area (Å²) in [4.78, 5) is 10.2. The number of rotatable bonds is 3. The molecule has 0 radical (unpaired) electrons. The first-order valence-corrected chi connectivity index (χ1v) is 3.81. The van der Waals surface area contributed by atoms with E-state index in [0.29, 0.717) is 6.26 Å². The molecule has 0 spiro atoms. The van der Waals surface area contributed by atoms with Gasteiger partial charge in [0, 0.05) is 5.57 Å². The van der Waals surface area contributed by atoms with Crippen LogP contribution in [-0.2, 0) is 19.4 Å². The maximum atomic E-state index is 10.2. The Balaban J connectivity index is 4.27. The van der Waals surface area contributed by atoms with E-state index in [1.807, 2.05) is 0 Å². The topological polar surface area (TPSA) is 107 Å². The second kappa shape index (κ2) is 3.35. The lowest BCUT2D eigenvalue weighted by molar-refractivity contribution is -0.114. The Hall–Kier alpha value is -1.08. The van der Waals surface area contributed by atoms with Crippen molar-refractivity contribution in [2.75, 3.05) is 0 Å². The SMILES string of the molecule is C/C(=C\OS(=O)(=O)O)C(N)=O. The highest BCUT2D eigenvalue weighted by atomic mass is 32.3. The van der Waals surface area contributed by atoms with E-state index >= 15 is 0 Å². The molecule has 0 aliphatic carbocycles. The fourth-order valence-electron chi connectivity index (χ4n) is 0.191. The van der Waals surface area contributed by atoms with Crippen molar-refractivity contribution < 1.29 is 21.9 Å². The number of carbonyl (C=O) groups excluding carboxylic acids is 1. The van der Waals surface area contributed by atoms with Gasteiger partial charge >= 0.3 is 10.4 Å². The molecule has 0 heterocycles. The third kappa shape index (κ3) is 5.37. The van der Waals surface area contributed by atoms with Gasteiger partial charge in [-0.3, -0.25) is 9.35 Å². The van der Waals surface area contributed by atoms with E-state index < -0.39 is 16.3 Å². The van der Waals surface area contributed by atoms with Crippen molar-refractivity contribution in [3.63, 3.8) is 0 Å². The smallest absolute Gasteiger partial charge is 0.369 e. The van der Waals surface area contributed by atoms with E-state index in [-0.39, 0.29) is 5.57 Å². The van der Waals surface area contributed by atoms with Crippen molar-refractivity contribution in [2.24, 2.45) is 5.73 Å². The maximum Gasteiger partial charge on any atom is 0.445 e. The van der Waals surface area contributed by atoms with Gasteiger partial charge < -0.3 is 9.92 Å². The number of carbonyl (C=O) groups is 1. The summed E-state index contributed by atoms with van der Waals surface area (Å²) >= 11 is 0. The third-order valence-corrected chi connectivity index (χ3v) is 1.07. The summed E-state index contributed by atoms with van der Waals surface area (Å²) in [6.07, 6.45) is 0.553. The zero-order valence-corrected chi connectivity index (χ0v) is 6.46. The molecule has 0 unspecified atom stereocenters. The van der Waals surface area contributed by atoms with Crippen LogP contribution >= 0.6 is 0 Å². The average molecular weight is 181 g/mol. The van der Waals surface area contributed by atoms with Crippen molar-refractivity contribution in [1.82, 2.24) is 0 Å². The molecule has 6 nitrogen and oxygen atoms in total. The lowest BCUT2D eigenvalue weighted by Gasteiger charge is -1.94. The molecule has 0 aromatic heterocycles. The molecule has 0 rings (SSSR count). The monoisotopic (exact) mass is 181 g/mol. The minimum Gasteiger partial charge on any atom is -0.369 e. The quantitative estimate of drug-likeness (QED) is 0.336. The van der Waals surface area contributed by atoms with Crippen LogP contribution in [0.3, 0.4) is 0 Å². The normalized spacial score (nSPS) is 12.7. The first-order valence-electron chi connectivity index (χ1n) is 2.45. The number of hydrogen-bond acceptors (Lipinski definition) is 4. The van der Waals surface area contributed by atoms with Crippen molar-refractivity contribution in [3.8, 4) is 0 Å². The standard InChI is InChI=1S/C4H7NO5S/c1-3(4(5)6)2-10-11(7,8)9/h2H,1H3,(H2,5,6)(H,7,8,9)/b3-2+. The molecule has 0 atom stereocenters. The Bertz CT molecular complexity index is 277. The number of primary amides is 1. The Morgan fingerprint density at radius 2 is 2.09 bits per heavy atom. The lowest BCUT2D eigenvalue weighted by Crippen LogP contribution is -2.12. The highest BCUT2D eigenvalue weighted by molar-refractivity contribution is 7.81. The first-order chi connectivity index (χ1) is 4.83. The third-order valence-electron chi connectivity index (χ3n) is 0.735. The van der Waals surface area contributed by atoms with Gasteiger partial charge in [0.1, 0.15) is 6.26 Å². The van der Waals surface area contributed by atoms with Crippen LogP contribution in [0, 0.1) is 0 Å². The van der Waals surface area contributed by atoms with Gasteiger partial charge in [0.05, 0.1) is 0 Å². The zero-order chi connectivity index (χ0) is 9.07. The summed E-state index contributed by atoms with van der Waals surface area (Å²) in [5.74, 6) is -0.825. The predicted octanol–water partition coefficient (Wildman–Crippen LogP) is -0.805. The summed E-state index contributed by atoms with van der Waals surface area (Å²) < 4.78 is 31.5. The van der Waals surface area contributed by atoms with Gasteiger partial charge in [-0.2, -0.15) is 8.42 Å². The summed E-state index contributed by atoms with van der Waals surface area (Å²) in [6.45, 7) is 1.24. The highest BCUT2D eigenvalue weighted by Gasteiger charge is 2.03. The number of hydrogen-bond donors (Lipinski definition) is 2. The Morgan fingerprint density at radius 1 is 1.64 bits per heavy atom. The van der Waals surface area contributed by atoms with Gasteiger partial charge in [0.15, 0.2) is 0 Å². The van der Waals surface area contributed by atoms with Gasteiger partial charge in [-0.15, -0.1) is 0 Å². The average Bonchev–Trinajstić information content (AvgIpc) is 1.80. The summed E-state index contributed by atoms with van der Waals surface area (Å²) in [5.41, 5.74) is 4.59. The second-order valence-electron chi connectivity index (χ2n) is 1.69. The molecule has 0 saturated heterocycles. The van der Waals surface area contributed by atoms with E-state index in [1.165, 1.54) is 6.92 Å². The van der Waals surface area contributed by atoms with Crippen LogP contribution in [0.25, 0.3) is 0 Å². The Morgan fingerprint density at radius 3 is 2.36 bits per heavy atom. The van der Waals surface area contributed by atoms with Crippen LogP contribution in [0.4, 0.5) is 0 Å². The van der Waals surface area contributed by atoms with E-state index in [2.05, 4.69) is 4.18 Å². The fourth-order valence-corrected chi connectivity index (χ4v) is 0.457. The number of amides is 1. The van der Waals surface area contributed by atoms with Crippen LogP contribution in [0.2, 0.25) is 0 Å². The van der Waals surface area contributed by atoms with Gasteiger partial charge in [-0.25, -0.2) is 0 Å². The van der Waals surface area contributed by atoms with Crippen molar-refractivity contribution in [2.45, 2.75) is 6.92 Å². The Labute approximate surface area is 63.6 Å². The predicted molar refractivity (Wildman–Crippen MR) is 35.6 cm³/mol. The molecule has 0 aromatic carbocycles. The van der Waals surface area contributed by atoms with E-state index in [0.717, 1.165) is 0 Å². The van der Waals surface area contributed by atoms with Crippen LogP contribution in [-0.4, -0.2) is 18.9 Å². The first kappa shape index (κ1) is 9.92. The highest BCUT2D eigenvalue weighted by Crippen LogP contribution is 1.94. The molecule has 0 saturated carbocycles. The molecule has 0 bridgehead atoms. The summed E-state index contributed by atoms with van der Waals surface area (Å²) in [7, 11) is -4.54. The van der Waals surface area contributed by atoms with Crippen molar-refractivity contribution in [3.05, 3.63) is 11.8 Å². The molecule has 7 heteroatoms. The minimum atomic E-state index is -4.54. The molecule has 0 aliphatic heterocycles. The van der Waals surface area contributed by atoms with Crippen LogP contribution in [0.15, 0.2) is 11.8 Å². The minimum absolute atomic E-state index is 0.109. The van der Waals surface area contributed by atoms with Crippen LogP contribution < -0.4 is 5.73 Å².